The fraction of sp³-hybridized carbons (Fsp3) is 0.750. The third-order valence-electron chi connectivity index (χ3n) is 4.55. The maximum atomic E-state index is 11.6. The van der Waals surface area contributed by atoms with Gasteiger partial charge in [-0.25, -0.2) is 0 Å². The number of nitrogens with zero attached hydrogens (tertiary/aromatic N) is 3. The predicted molar refractivity (Wildman–Crippen MR) is 92.6 cm³/mol. The summed E-state index contributed by atoms with van der Waals surface area (Å²) in [6, 6.07) is 0.310. The summed E-state index contributed by atoms with van der Waals surface area (Å²) in [6.45, 7) is 11.5. The van der Waals surface area contributed by atoms with Gasteiger partial charge in [0.2, 0.25) is 0 Å². The van der Waals surface area contributed by atoms with E-state index in [1.165, 1.54) is 5.56 Å². The minimum atomic E-state index is -0.239. The normalized spacial score (nSPS) is 21.8. The van der Waals surface area contributed by atoms with E-state index < -0.39 is 0 Å². The molecule has 1 aromatic heterocycles. The average molecular weight is 345 g/mol. The number of halogens is 1. The fourth-order valence-electron chi connectivity index (χ4n) is 3.06. The van der Waals surface area contributed by atoms with Crippen molar-refractivity contribution in [3.63, 3.8) is 0 Å². The first kappa shape index (κ1) is 19.9. The molecule has 0 aromatic carbocycles. The maximum Gasteiger partial charge on any atom is 0.327 e. The summed E-state index contributed by atoms with van der Waals surface area (Å²) in [4.78, 5) is 14.1. The molecule has 0 saturated carbocycles. The number of carbonyl (C=O) groups is 1. The lowest BCUT2D eigenvalue weighted by molar-refractivity contribution is -0.144. The zero-order chi connectivity index (χ0) is 16.3. The second-order valence-corrected chi connectivity index (χ2v) is 6.28. The van der Waals surface area contributed by atoms with Crippen molar-refractivity contribution in [2.24, 2.45) is 11.7 Å². The molecular weight excluding hydrogens is 316 g/mol. The number of esters is 1. The summed E-state index contributed by atoms with van der Waals surface area (Å²) in [5.41, 5.74) is 9.34. The average Bonchev–Trinajstić information content (AvgIpc) is 2.71. The van der Waals surface area contributed by atoms with Gasteiger partial charge in [-0.1, -0.05) is 6.92 Å². The highest BCUT2D eigenvalue weighted by Gasteiger charge is 2.25. The topological polar surface area (TPSA) is 73.4 Å². The first-order chi connectivity index (χ1) is 10.4. The lowest BCUT2D eigenvalue weighted by Gasteiger charge is -2.35. The molecule has 0 spiro atoms. The fourth-order valence-corrected chi connectivity index (χ4v) is 3.06. The van der Waals surface area contributed by atoms with Crippen LogP contribution < -0.4 is 5.73 Å². The van der Waals surface area contributed by atoms with Crippen molar-refractivity contribution >= 4 is 18.4 Å². The molecule has 0 amide bonds. The Morgan fingerprint density at radius 1 is 1.43 bits per heavy atom. The minimum Gasteiger partial charge on any atom is -0.465 e. The summed E-state index contributed by atoms with van der Waals surface area (Å²) in [6.07, 6.45) is 1.04. The number of likely N-dealkylation sites (tertiary alicyclic amines) is 1. The van der Waals surface area contributed by atoms with Gasteiger partial charge in [0.1, 0.15) is 6.54 Å². The van der Waals surface area contributed by atoms with Crippen molar-refractivity contribution in [1.29, 1.82) is 0 Å². The first-order valence-electron chi connectivity index (χ1n) is 8.08. The Balaban J connectivity index is 0.00000264. The molecule has 2 heterocycles. The molecule has 23 heavy (non-hydrogen) atoms. The molecule has 1 aromatic rings. The second-order valence-electron chi connectivity index (χ2n) is 6.28. The van der Waals surface area contributed by atoms with Crippen LogP contribution in [0, 0.1) is 19.8 Å². The van der Waals surface area contributed by atoms with Gasteiger partial charge in [-0.2, -0.15) is 5.10 Å². The van der Waals surface area contributed by atoms with Crippen LogP contribution in [0.3, 0.4) is 0 Å². The molecule has 1 aliphatic heterocycles. The molecule has 1 aliphatic rings. The summed E-state index contributed by atoms with van der Waals surface area (Å²) in [7, 11) is 0. The van der Waals surface area contributed by atoms with Crippen LogP contribution in [0.25, 0.3) is 0 Å². The molecule has 2 unspecified atom stereocenters. The quantitative estimate of drug-likeness (QED) is 0.822. The number of hydrogen-bond acceptors (Lipinski definition) is 5. The number of carbonyl (C=O) groups excluding carboxylic acids is 1. The largest absolute Gasteiger partial charge is 0.465 e. The SMILES string of the molecule is CCOC(=O)Cn1nc(C)c(CN2CCC(N)C(C)C2)c1C.Cl. The smallest absolute Gasteiger partial charge is 0.327 e. The van der Waals surface area contributed by atoms with Crippen LogP contribution >= 0.6 is 12.4 Å². The molecule has 7 heteroatoms. The summed E-state index contributed by atoms with van der Waals surface area (Å²) in [5, 5.41) is 4.50. The van der Waals surface area contributed by atoms with Crippen LogP contribution in [0.5, 0.6) is 0 Å². The van der Waals surface area contributed by atoms with Gasteiger partial charge in [-0.15, -0.1) is 12.4 Å². The minimum absolute atomic E-state index is 0. The molecule has 0 aliphatic carbocycles. The van der Waals surface area contributed by atoms with Crippen LogP contribution in [0.1, 0.15) is 37.2 Å². The van der Waals surface area contributed by atoms with Gasteiger partial charge >= 0.3 is 5.97 Å². The Kier molecular flexibility index (Phi) is 7.51. The maximum absolute atomic E-state index is 11.6. The van der Waals surface area contributed by atoms with Gasteiger partial charge in [0.05, 0.1) is 12.3 Å². The standard InChI is InChI=1S/C16H28N4O2.ClH/c1-5-22-16(21)10-20-13(4)14(12(3)18-20)9-19-7-6-15(17)11(2)8-19;/h11,15H,5-10,17H2,1-4H3;1H. The van der Waals surface area contributed by atoms with E-state index in [4.69, 9.17) is 10.5 Å². The molecule has 2 rings (SSSR count). The van der Waals surface area contributed by atoms with Gasteiger partial charge < -0.3 is 10.5 Å². The number of rotatable bonds is 5. The van der Waals surface area contributed by atoms with E-state index in [0.29, 0.717) is 18.6 Å². The van der Waals surface area contributed by atoms with E-state index >= 15 is 0 Å². The van der Waals surface area contributed by atoms with E-state index in [1.54, 1.807) is 4.68 Å². The third kappa shape index (κ3) is 4.93. The zero-order valence-corrected chi connectivity index (χ0v) is 15.4. The highest BCUT2D eigenvalue weighted by molar-refractivity contribution is 5.85. The Hall–Kier alpha value is -1.11. The number of aromatic nitrogens is 2. The molecule has 0 radical (unpaired) electrons. The highest BCUT2D eigenvalue weighted by atomic mass is 35.5. The van der Waals surface area contributed by atoms with E-state index in [9.17, 15) is 4.79 Å². The number of hydrogen-bond donors (Lipinski definition) is 1. The predicted octanol–water partition coefficient (Wildman–Crippen LogP) is 1.65. The first-order valence-corrected chi connectivity index (χ1v) is 8.08. The Bertz CT molecular complexity index is 532. The molecular formula is C16H29ClN4O2. The van der Waals surface area contributed by atoms with E-state index in [1.807, 2.05) is 20.8 Å². The van der Waals surface area contributed by atoms with Crippen LogP contribution in [-0.4, -0.2) is 46.4 Å². The van der Waals surface area contributed by atoms with Gasteiger partial charge in [0.25, 0.3) is 0 Å². The van der Waals surface area contributed by atoms with Crippen molar-refractivity contribution in [2.45, 2.75) is 53.2 Å². The van der Waals surface area contributed by atoms with E-state index in [-0.39, 0.29) is 24.9 Å². The molecule has 2 N–H and O–H groups in total. The molecule has 6 nitrogen and oxygen atoms in total. The van der Waals surface area contributed by atoms with Crippen molar-refractivity contribution in [2.75, 3.05) is 19.7 Å². The summed E-state index contributed by atoms with van der Waals surface area (Å²) in [5.74, 6) is 0.279. The van der Waals surface area contributed by atoms with Crippen LogP contribution in [0.2, 0.25) is 0 Å². The van der Waals surface area contributed by atoms with Crippen molar-refractivity contribution < 1.29 is 9.53 Å². The lowest BCUT2D eigenvalue weighted by atomic mass is 9.94. The van der Waals surface area contributed by atoms with E-state index in [0.717, 1.165) is 37.4 Å². The van der Waals surface area contributed by atoms with Gasteiger partial charge in [-0.05, 0) is 39.7 Å². The highest BCUT2D eigenvalue weighted by Crippen LogP contribution is 2.21. The monoisotopic (exact) mass is 344 g/mol. The molecule has 132 valence electrons. The Morgan fingerprint density at radius 3 is 2.74 bits per heavy atom. The molecule has 0 bridgehead atoms. The van der Waals surface area contributed by atoms with Gasteiger partial charge in [-0.3, -0.25) is 14.4 Å². The summed E-state index contributed by atoms with van der Waals surface area (Å²) < 4.78 is 6.75. The third-order valence-corrected chi connectivity index (χ3v) is 4.55. The van der Waals surface area contributed by atoms with Crippen molar-refractivity contribution in [3.05, 3.63) is 17.0 Å². The zero-order valence-electron chi connectivity index (χ0n) is 14.5. The van der Waals surface area contributed by atoms with Crippen LogP contribution in [-0.2, 0) is 22.6 Å². The Labute approximate surface area is 144 Å². The summed E-state index contributed by atoms with van der Waals surface area (Å²) >= 11 is 0. The lowest BCUT2D eigenvalue weighted by Crippen LogP contribution is -2.45. The van der Waals surface area contributed by atoms with Crippen LogP contribution in [0.15, 0.2) is 0 Å². The van der Waals surface area contributed by atoms with Crippen molar-refractivity contribution in [3.8, 4) is 0 Å². The number of nitrogens with two attached hydrogens (primary N) is 1. The molecule has 2 atom stereocenters. The molecule has 1 saturated heterocycles. The Morgan fingerprint density at radius 2 is 2.13 bits per heavy atom. The number of piperidine rings is 1. The van der Waals surface area contributed by atoms with Gasteiger partial charge in [0, 0.05) is 30.4 Å². The number of aryl methyl sites for hydroxylation is 1. The van der Waals surface area contributed by atoms with Gasteiger partial charge in [0.15, 0.2) is 0 Å². The molecule has 1 fully saturated rings. The second kappa shape index (κ2) is 8.66. The number of ether oxygens (including phenoxy) is 1. The van der Waals surface area contributed by atoms with Crippen molar-refractivity contribution in [1.82, 2.24) is 14.7 Å². The van der Waals surface area contributed by atoms with Crippen LogP contribution in [0.4, 0.5) is 0 Å². The van der Waals surface area contributed by atoms with E-state index in [2.05, 4.69) is 16.9 Å².